The van der Waals surface area contributed by atoms with Gasteiger partial charge in [-0.25, -0.2) is 0 Å². The molecule has 86 valence electrons. The number of fused-ring (bicyclic) bond motifs is 1. The lowest BCUT2D eigenvalue weighted by molar-refractivity contribution is 0.377. The number of nitrogens with zero attached hydrogens (tertiary/aromatic N) is 1. The molecule has 0 aliphatic carbocycles. The lowest BCUT2D eigenvalue weighted by atomic mass is 9.86. The molecule has 1 aromatic heterocycles. The van der Waals surface area contributed by atoms with Crippen LogP contribution in [-0.4, -0.2) is 11.1 Å². The molecule has 0 atom stereocenters. The van der Waals surface area contributed by atoms with Gasteiger partial charge >= 0.3 is 0 Å². The lowest BCUT2D eigenvalue weighted by Gasteiger charge is -2.22. The second-order valence-corrected chi connectivity index (χ2v) is 5.36. The molecule has 0 radical (unpaired) electrons. The summed E-state index contributed by atoms with van der Waals surface area (Å²) in [6.07, 6.45) is 3.13. The number of benzene rings is 1. The van der Waals surface area contributed by atoms with Crippen LogP contribution in [0.5, 0.6) is 0 Å². The molecule has 0 aliphatic rings. The number of aromatic nitrogens is 1. The molecule has 0 bridgehead atoms. The lowest BCUT2D eigenvalue weighted by Crippen LogP contribution is -2.25. The Morgan fingerprint density at radius 1 is 1.25 bits per heavy atom. The van der Waals surface area contributed by atoms with Gasteiger partial charge in [0.2, 0.25) is 0 Å². The van der Waals surface area contributed by atoms with Gasteiger partial charge in [-0.1, -0.05) is 26.0 Å². The number of nitrogens with two attached hydrogens (primary N) is 1. The molecule has 0 amide bonds. The van der Waals surface area contributed by atoms with E-state index in [9.17, 15) is 0 Å². The summed E-state index contributed by atoms with van der Waals surface area (Å²) < 4.78 is 2.16. The highest BCUT2D eigenvalue weighted by atomic mass is 14.9. The third kappa shape index (κ3) is 2.12. The minimum atomic E-state index is 0.179. The van der Waals surface area contributed by atoms with E-state index in [0.717, 1.165) is 13.0 Å². The van der Waals surface area contributed by atoms with Gasteiger partial charge in [0, 0.05) is 18.8 Å². The van der Waals surface area contributed by atoms with Crippen LogP contribution >= 0.6 is 0 Å². The van der Waals surface area contributed by atoms with Gasteiger partial charge < -0.3 is 10.3 Å². The molecule has 2 rings (SSSR count). The minimum absolute atomic E-state index is 0.179. The maximum absolute atomic E-state index is 5.77. The summed E-state index contributed by atoms with van der Waals surface area (Å²) in [5.41, 5.74) is 8.61. The summed E-state index contributed by atoms with van der Waals surface area (Å²) in [6, 6.07) is 8.82. The summed E-state index contributed by atoms with van der Waals surface area (Å²) in [4.78, 5) is 0. The number of rotatable bonds is 3. The molecule has 1 heterocycles. The maximum atomic E-state index is 5.77. The standard InChI is InChI=1S/C14H20N2/c1-14(2,10-15)9-11-4-5-12-6-7-16(3)13(12)8-11/h4-8H,9-10,15H2,1-3H3. The number of hydrogen-bond donors (Lipinski definition) is 1. The summed E-state index contributed by atoms with van der Waals surface area (Å²) >= 11 is 0. The van der Waals surface area contributed by atoms with E-state index in [1.807, 2.05) is 0 Å². The largest absolute Gasteiger partial charge is 0.351 e. The van der Waals surface area contributed by atoms with Gasteiger partial charge in [0.05, 0.1) is 0 Å². The van der Waals surface area contributed by atoms with Crippen molar-refractivity contribution in [3.63, 3.8) is 0 Å². The Hall–Kier alpha value is -1.28. The second-order valence-electron chi connectivity index (χ2n) is 5.36. The van der Waals surface area contributed by atoms with Crippen LogP contribution in [0.15, 0.2) is 30.5 Å². The molecule has 16 heavy (non-hydrogen) atoms. The van der Waals surface area contributed by atoms with Gasteiger partial charge in [-0.15, -0.1) is 0 Å². The van der Waals surface area contributed by atoms with Crippen LogP contribution in [0, 0.1) is 5.41 Å². The zero-order valence-electron chi connectivity index (χ0n) is 10.3. The van der Waals surface area contributed by atoms with Gasteiger partial charge in [-0.05, 0) is 41.5 Å². The molecule has 0 spiro atoms. The van der Waals surface area contributed by atoms with Crippen molar-refractivity contribution >= 4 is 10.9 Å². The molecule has 0 saturated heterocycles. The van der Waals surface area contributed by atoms with Gasteiger partial charge in [0.15, 0.2) is 0 Å². The van der Waals surface area contributed by atoms with Crippen molar-refractivity contribution in [2.24, 2.45) is 18.2 Å². The van der Waals surface area contributed by atoms with E-state index in [1.54, 1.807) is 0 Å². The van der Waals surface area contributed by atoms with E-state index in [4.69, 9.17) is 5.73 Å². The first-order valence-electron chi connectivity index (χ1n) is 5.76. The van der Waals surface area contributed by atoms with E-state index < -0.39 is 0 Å². The first kappa shape index (κ1) is 11.2. The molecule has 2 heteroatoms. The van der Waals surface area contributed by atoms with Gasteiger partial charge in [-0.3, -0.25) is 0 Å². The molecule has 0 unspecified atom stereocenters. The van der Waals surface area contributed by atoms with Gasteiger partial charge in [0.25, 0.3) is 0 Å². The zero-order chi connectivity index (χ0) is 11.8. The van der Waals surface area contributed by atoms with Crippen molar-refractivity contribution < 1.29 is 0 Å². The topological polar surface area (TPSA) is 30.9 Å². The molecule has 2 N–H and O–H groups in total. The molecule has 0 aliphatic heterocycles. The molecule has 2 nitrogen and oxygen atoms in total. The van der Waals surface area contributed by atoms with E-state index >= 15 is 0 Å². The summed E-state index contributed by atoms with van der Waals surface area (Å²) in [7, 11) is 2.08. The first-order chi connectivity index (χ1) is 7.52. The van der Waals surface area contributed by atoms with E-state index in [2.05, 4.69) is 55.9 Å². The third-order valence-electron chi connectivity index (χ3n) is 3.19. The molecular formula is C14H20N2. The van der Waals surface area contributed by atoms with E-state index in [1.165, 1.54) is 16.5 Å². The Labute approximate surface area is 97.1 Å². The average Bonchev–Trinajstić information content (AvgIpc) is 2.60. The van der Waals surface area contributed by atoms with Crippen molar-refractivity contribution in [2.75, 3.05) is 6.54 Å². The molecule has 0 fully saturated rings. The van der Waals surface area contributed by atoms with Crippen LogP contribution in [0.1, 0.15) is 19.4 Å². The normalized spacial score (nSPS) is 12.2. The highest BCUT2D eigenvalue weighted by Gasteiger charge is 2.16. The van der Waals surface area contributed by atoms with Crippen molar-refractivity contribution in [2.45, 2.75) is 20.3 Å². The predicted octanol–water partition coefficient (Wildman–Crippen LogP) is 2.71. The molecule has 1 aromatic carbocycles. The van der Waals surface area contributed by atoms with Crippen LogP contribution in [0.3, 0.4) is 0 Å². The van der Waals surface area contributed by atoms with Crippen molar-refractivity contribution in [1.29, 1.82) is 0 Å². The smallest absolute Gasteiger partial charge is 0.0480 e. The Bertz CT molecular complexity index is 494. The fourth-order valence-electron chi connectivity index (χ4n) is 2.04. The Morgan fingerprint density at radius 2 is 2.00 bits per heavy atom. The van der Waals surface area contributed by atoms with E-state index in [-0.39, 0.29) is 5.41 Å². The van der Waals surface area contributed by atoms with E-state index in [0.29, 0.717) is 0 Å². The SMILES string of the molecule is Cn1ccc2ccc(CC(C)(C)CN)cc21. The minimum Gasteiger partial charge on any atom is -0.351 e. The monoisotopic (exact) mass is 216 g/mol. The van der Waals surface area contributed by atoms with Crippen molar-refractivity contribution in [3.8, 4) is 0 Å². The third-order valence-corrected chi connectivity index (χ3v) is 3.19. The number of hydrogen-bond acceptors (Lipinski definition) is 1. The molecular weight excluding hydrogens is 196 g/mol. The van der Waals surface area contributed by atoms with Crippen molar-refractivity contribution in [1.82, 2.24) is 4.57 Å². The Kier molecular flexibility index (Phi) is 2.76. The maximum Gasteiger partial charge on any atom is 0.0480 e. The Morgan fingerprint density at radius 3 is 2.69 bits per heavy atom. The Balaban J connectivity index is 2.35. The highest BCUT2D eigenvalue weighted by molar-refractivity contribution is 5.80. The van der Waals surface area contributed by atoms with Crippen LogP contribution in [0.4, 0.5) is 0 Å². The van der Waals surface area contributed by atoms with Crippen LogP contribution in [0.2, 0.25) is 0 Å². The zero-order valence-corrected chi connectivity index (χ0v) is 10.3. The molecule has 0 saturated carbocycles. The van der Waals surface area contributed by atoms with Crippen molar-refractivity contribution in [3.05, 3.63) is 36.0 Å². The van der Waals surface area contributed by atoms with Gasteiger partial charge in [-0.2, -0.15) is 0 Å². The van der Waals surface area contributed by atoms with Gasteiger partial charge in [0.1, 0.15) is 0 Å². The second kappa shape index (κ2) is 3.95. The highest BCUT2D eigenvalue weighted by Crippen LogP contribution is 2.23. The average molecular weight is 216 g/mol. The summed E-state index contributed by atoms with van der Waals surface area (Å²) in [5.74, 6) is 0. The van der Waals surface area contributed by atoms with Crippen LogP contribution in [-0.2, 0) is 13.5 Å². The van der Waals surface area contributed by atoms with Crippen LogP contribution < -0.4 is 5.73 Å². The summed E-state index contributed by atoms with van der Waals surface area (Å²) in [6.45, 7) is 5.14. The predicted molar refractivity (Wildman–Crippen MR) is 69.5 cm³/mol. The number of aryl methyl sites for hydroxylation is 1. The first-order valence-corrected chi connectivity index (χ1v) is 5.76. The van der Waals surface area contributed by atoms with Crippen LogP contribution in [0.25, 0.3) is 10.9 Å². The fourth-order valence-corrected chi connectivity index (χ4v) is 2.04. The summed E-state index contributed by atoms with van der Waals surface area (Å²) in [5, 5.41) is 1.30. The fraction of sp³-hybridized carbons (Fsp3) is 0.429. The molecule has 2 aromatic rings. The quantitative estimate of drug-likeness (QED) is 0.840.